The van der Waals surface area contributed by atoms with Gasteiger partial charge in [-0.1, -0.05) is 19.9 Å². The Bertz CT molecular complexity index is 895. The standard InChI is InChI=1S/C24H30FN3O3/c1-17(2)13-24(29)26-15-21(18-3-8-22-23(14-18)31-16-30-22)28-11-9-27(10-12-28)20-6-4-19(25)5-7-20/h3-8,14,17,21H,9-13,15-16H2,1-2H3,(H,26,29)/t21-/m0/s1. The lowest BCUT2D eigenvalue weighted by Crippen LogP contribution is -2.50. The van der Waals surface area contributed by atoms with Crippen LogP contribution >= 0.6 is 0 Å². The van der Waals surface area contributed by atoms with E-state index in [2.05, 4.69) is 21.2 Å². The zero-order chi connectivity index (χ0) is 21.8. The molecule has 2 aromatic rings. The number of piperazine rings is 1. The molecular weight excluding hydrogens is 397 g/mol. The van der Waals surface area contributed by atoms with Gasteiger partial charge < -0.3 is 19.7 Å². The van der Waals surface area contributed by atoms with Crippen LogP contribution in [0.2, 0.25) is 0 Å². The number of nitrogens with one attached hydrogen (secondary N) is 1. The van der Waals surface area contributed by atoms with Crippen molar-refractivity contribution >= 4 is 11.6 Å². The molecule has 166 valence electrons. The van der Waals surface area contributed by atoms with Gasteiger partial charge in [0.2, 0.25) is 12.7 Å². The molecule has 2 heterocycles. The van der Waals surface area contributed by atoms with Crippen LogP contribution in [0.4, 0.5) is 10.1 Å². The third kappa shape index (κ3) is 5.28. The van der Waals surface area contributed by atoms with Crippen LogP contribution in [0.25, 0.3) is 0 Å². The Labute approximate surface area is 182 Å². The highest BCUT2D eigenvalue weighted by molar-refractivity contribution is 5.76. The van der Waals surface area contributed by atoms with E-state index in [9.17, 15) is 9.18 Å². The van der Waals surface area contributed by atoms with Gasteiger partial charge in [-0.15, -0.1) is 0 Å². The summed E-state index contributed by atoms with van der Waals surface area (Å²) >= 11 is 0. The van der Waals surface area contributed by atoms with Crippen molar-refractivity contribution in [3.05, 3.63) is 53.8 Å². The highest BCUT2D eigenvalue weighted by Crippen LogP contribution is 2.35. The summed E-state index contributed by atoms with van der Waals surface area (Å²) in [5.74, 6) is 1.68. The molecule has 1 saturated heterocycles. The normalized spacial score (nSPS) is 17.1. The first kappa shape index (κ1) is 21.4. The molecule has 31 heavy (non-hydrogen) atoms. The molecule has 0 spiro atoms. The molecule has 0 radical (unpaired) electrons. The van der Waals surface area contributed by atoms with Crippen molar-refractivity contribution in [1.29, 1.82) is 0 Å². The van der Waals surface area contributed by atoms with Crippen LogP contribution in [0.1, 0.15) is 31.9 Å². The summed E-state index contributed by atoms with van der Waals surface area (Å²) in [7, 11) is 0. The minimum absolute atomic E-state index is 0.0426. The zero-order valence-electron chi connectivity index (χ0n) is 18.1. The van der Waals surface area contributed by atoms with Crippen molar-refractivity contribution in [2.24, 2.45) is 5.92 Å². The second kappa shape index (κ2) is 9.56. The Kier molecular flexibility index (Phi) is 6.61. The minimum atomic E-state index is -0.220. The molecule has 2 aromatic carbocycles. The molecule has 2 aliphatic heterocycles. The van der Waals surface area contributed by atoms with Gasteiger partial charge in [0, 0.05) is 44.8 Å². The number of halogens is 1. The minimum Gasteiger partial charge on any atom is -0.454 e. The Hall–Kier alpha value is -2.80. The van der Waals surface area contributed by atoms with Crippen LogP contribution in [-0.2, 0) is 4.79 Å². The molecule has 0 aromatic heterocycles. The summed E-state index contributed by atoms with van der Waals surface area (Å²) in [6.45, 7) is 8.24. The fraction of sp³-hybridized carbons (Fsp3) is 0.458. The third-order valence-electron chi connectivity index (χ3n) is 5.81. The molecule has 6 nitrogen and oxygen atoms in total. The van der Waals surface area contributed by atoms with Crippen LogP contribution in [0, 0.1) is 11.7 Å². The smallest absolute Gasteiger partial charge is 0.231 e. The monoisotopic (exact) mass is 427 g/mol. The number of benzene rings is 2. The van der Waals surface area contributed by atoms with Gasteiger partial charge in [0.25, 0.3) is 0 Å². The van der Waals surface area contributed by atoms with Crippen LogP contribution in [0.5, 0.6) is 11.5 Å². The Balaban J connectivity index is 1.46. The maximum Gasteiger partial charge on any atom is 0.231 e. The van der Waals surface area contributed by atoms with Crippen LogP contribution in [-0.4, -0.2) is 50.3 Å². The molecule has 4 rings (SSSR count). The summed E-state index contributed by atoms with van der Waals surface area (Å²) in [5.41, 5.74) is 2.13. The highest BCUT2D eigenvalue weighted by atomic mass is 19.1. The van der Waals surface area contributed by atoms with E-state index in [-0.39, 0.29) is 24.6 Å². The van der Waals surface area contributed by atoms with E-state index in [0.717, 1.165) is 48.9 Å². The number of carbonyl (C=O) groups is 1. The maximum atomic E-state index is 13.3. The number of carbonyl (C=O) groups excluding carboxylic acids is 1. The van der Waals surface area contributed by atoms with Crippen LogP contribution in [0.15, 0.2) is 42.5 Å². The topological polar surface area (TPSA) is 54.0 Å². The Morgan fingerprint density at radius 2 is 1.74 bits per heavy atom. The Morgan fingerprint density at radius 1 is 1.03 bits per heavy atom. The lowest BCUT2D eigenvalue weighted by molar-refractivity contribution is -0.122. The van der Waals surface area contributed by atoms with Gasteiger partial charge in [-0.2, -0.15) is 0 Å². The van der Waals surface area contributed by atoms with Gasteiger partial charge >= 0.3 is 0 Å². The van der Waals surface area contributed by atoms with Crippen molar-refractivity contribution in [3.63, 3.8) is 0 Å². The molecule has 0 unspecified atom stereocenters. The SMILES string of the molecule is CC(C)CC(=O)NC[C@@H](c1ccc2c(c1)OCO2)N1CCN(c2ccc(F)cc2)CC1. The van der Waals surface area contributed by atoms with E-state index in [1.807, 2.05) is 38.1 Å². The van der Waals surface area contributed by atoms with Gasteiger partial charge in [-0.05, 0) is 47.9 Å². The van der Waals surface area contributed by atoms with Crippen molar-refractivity contribution in [1.82, 2.24) is 10.2 Å². The van der Waals surface area contributed by atoms with Crippen molar-refractivity contribution in [2.45, 2.75) is 26.3 Å². The molecule has 7 heteroatoms. The van der Waals surface area contributed by atoms with Gasteiger partial charge in [-0.3, -0.25) is 9.69 Å². The molecule has 2 aliphatic rings. The number of rotatable bonds is 7. The quantitative estimate of drug-likeness (QED) is 0.732. The molecule has 0 bridgehead atoms. The lowest BCUT2D eigenvalue weighted by atomic mass is 10.0. The summed E-state index contributed by atoms with van der Waals surface area (Å²) in [5, 5.41) is 3.12. The van der Waals surface area contributed by atoms with E-state index in [1.165, 1.54) is 12.1 Å². The predicted molar refractivity (Wildman–Crippen MR) is 118 cm³/mol. The number of nitrogens with zero attached hydrogens (tertiary/aromatic N) is 2. The van der Waals surface area contributed by atoms with E-state index in [4.69, 9.17) is 9.47 Å². The second-order valence-corrected chi connectivity index (χ2v) is 8.53. The summed E-state index contributed by atoms with van der Waals surface area (Å²) in [6.07, 6.45) is 0.520. The molecule has 1 atom stereocenters. The number of anilines is 1. The summed E-state index contributed by atoms with van der Waals surface area (Å²) in [4.78, 5) is 17.0. The van der Waals surface area contributed by atoms with Crippen molar-refractivity contribution in [2.75, 3.05) is 44.4 Å². The number of amides is 1. The summed E-state index contributed by atoms with van der Waals surface area (Å²) in [6, 6.07) is 12.7. The lowest BCUT2D eigenvalue weighted by Gasteiger charge is -2.40. The van der Waals surface area contributed by atoms with E-state index in [0.29, 0.717) is 18.9 Å². The van der Waals surface area contributed by atoms with Gasteiger partial charge in [-0.25, -0.2) is 4.39 Å². The largest absolute Gasteiger partial charge is 0.454 e. The molecule has 0 saturated carbocycles. The molecule has 1 N–H and O–H groups in total. The fourth-order valence-corrected chi connectivity index (χ4v) is 4.18. The molecule has 0 aliphatic carbocycles. The average molecular weight is 428 g/mol. The zero-order valence-corrected chi connectivity index (χ0v) is 18.1. The molecule has 1 amide bonds. The van der Waals surface area contributed by atoms with Gasteiger partial charge in [0.05, 0.1) is 6.04 Å². The Morgan fingerprint density at radius 3 is 2.45 bits per heavy atom. The fourth-order valence-electron chi connectivity index (χ4n) is 4.18. The van der Waals surface area contributed by atoms with Crippen molar-refractivity contribution < 1.29 is 18.7 Å². The highest BCUT2D eigenvalue weighted by Gasteiger charge is 2.27. The maximum absolute atomic E-state index is 13.3. The first-order valence-corrected chi connectivity index (χ1v) is 10.9. The summed E-state index contributed by atoms with van der Waals surface area (Å²) < 4.78 is 24.3. The third-order valence-corrected chi connectivity index (χ3v) is 5.81. The van der Waals surface area contributed by atoms with Gasteiger partial charge in [0.15, 0.2) is 11.5 Å². The number of ether oxygens (including phenoxy) is 2. The number of hydrogen-bond acceptors (Lipinski definition) is 5. The first-order chi connectivity index (χ1) is 15.0. The van der Waals surface area contributed by atoms with E-state index < -0.39 is 0 Å². The van der Waals surface area contributed by atoms with Crippen LogP contribution in [0.3, 0.4) is 0 Å². The predicted octanol–water partition coefficient (Wildman–Crippen LogP) is 3.58. The molecule has 1 fully saturated rings. The molecular formula is C24H30FN3O3. The second-order valence-electron chi connectivity index (χ2n) is 8.53. The van der Waals surface area contributed by atoms with E-state index >= 15 is 0 Å². The van der Waals surface area contributed by atoms with Crippen LogP contribution < -0.4 is 19.7 Å². The first-order valence-electron chi connectivity index (χ1n) is 10.9. The number of hydrogen-bond donors (Lipinski definition) is 1. The van der Waals surface area contributed by atoms with Crippen molar-refractivity contribution in [3.8, 4) is 11.5 Å². The average Bonchev–Trinajstić information content (AvgIpc) is 3.22. The van der Waals surface area contributed by atoms with Gasteiger partial charge in [0.1, 0.15) is 5.82 Å². The van der Waals surface area contributed by atoms with E-state index in [1.54, 1.807) is 0 Å². The number of fused-ring (bicyclic) bond motifs is 1.